The van der Waals surface area contributed by atoms with Gasteiger partial charge in [-0.15, -0.1) is 0 Å². The maximum Gasteiger partial charge on any atom is 0.273 e. The number of ether oxygens (including phenoxy) is 1. The van der Waals surface area contributed by atoms with Gasteiger partial charge in [0, 0.05) is 22.7 Å². The van der Waals surface area contributed by atoms with Gasteiger partial charge in [-0.05, 0) is 42.3 Å². The van der Waals surface area contributed by atoms with Crippen LogP contribution in [0.15, 0.2) is 48.5 Å². The number of nitrogens with zero attached hydrogens (tertiary/aromatic N) is 2. The zero-order valence-corrected chi connectivity index (χ0v) is 16.0. The molecule has 138 valence electrons. The number of carbonyl (C=O) groups is 1. The lowest BCUT2D eigenvalue weighted by Crippen LogP contribution is -2.30. The average molecular weight is 382 g/mol. The summed E-state index contributed by atoms with van der Waals surface area (Å²) >= 11 is 6.50. The number of fused-ring (bicyclic) bond motifs is 1. The Morgan fingerprint density at radius 2 is 1.93 bits per heavy atom. The summed E-state index contributed by atoms with van der Waals surface area (Å²) in [5.74, 6) is 0.737. The lowest BCUT2D eigenvalue weighted by molar-refractivity contribution is 0.0744. The molecule has 1 unspecified atom stereocenters. The molecule has 0 bridgehead atoms. The molecule has 1 amide bonds. The number of H-pyrrole nitrogens is 1. The second kappa shape index (κ2) is 7.08. The normalized spacial score (nSPS) is 15.9. The molecule has 3 aromatic rings. The van der Waals surface area contributed by atoms with Crippen molar-refractivity contribution in [3.05, 3.63) is 70.4 Å². The van der Waals surface area contributed by atoms with Crippen LogP contribution in [0.1, 0.15) is 41.0 Å². The molecule has 27 heavy (non-hydrogen) atoms. The summed E-state index contributed by atoms with van der Waals surface area (Å²) in [6.07, 6.45) is 0.863. The smallest absolute Gasteiger partial charge is 0.273 e. The van der Waals surface area contributed by atoms with E-state index in [4.69, 9.17) is 16.3 Å². The summed E-state index contributed by atoms with van der Waals surface area (Å²) in [5.41, 5.74) is 4.03. The highest BCUT2D eigenvalue weighted by Gasteiger charge is 2.42. The van der Waals surface area contributed by atoms with Crippen LogP contribution in [0, 0.1) is 0 Å². The number of benzene rings is 2. The highest BCUT2D eigenvalue weighted by molar-refractivity contribution is 6.31. The molecule has 0 aliphatic carbocycles. The second-order valence-electron chi connectivity index (χ2n) is 6.51. The molecule has 5 nitrogen and oxygen atoms in total. The molecule has 1 aromatic heterocycles. The maximum atomic E-state index is 13.0. The van der Waals surface area contributed by atoms with Gasteiger partial charge in [-0.25, -0.2) is 0 Å². The second-order valence-corrected chi connectivity index (χ2v) is 6.92. The van der Waals surface area contributed by atoms with E-state index < -0.39 is 0 Å². The van der Waals surface area contributed by atoms with Gasteiger partial charge in [0.1, 0.15) is 11.4 Å². The van der Waals surface area contributed by atoms with Crippen molar-refractivity contribution in [2.24, 2.45) is 0 Å². The fourth-order valence-electron chi connectivity index (χ4n) is 3.66. The fourth-order valence-corrected chi connectivity index (χ4v) is 3.90. The Hall–Kier alpha value is -2.79. The van der Waals surface area contributed by atoms with Gasteiger partial charge in [0.05, 0.1) is 18.8 Å². The number of aromatic amines is 1. The van der Waals surface area contributed by atoms with Gasteiger partial charge in [-0.3, -0.25) is 9.89 Å². The topological polar surface area (TPSA) is 58.2 Å². The molecular weight excluding hydrogens is 362 g/mol. The minimum atomic E-state index is -0.253. The predicted molar refractivity (Wildman–Crippen MR) is 105 cm³/mol. The van der Waals surface area contributed by atoms with Crippen LogP contribution in [0.2, 0.25) is 5.02 Å². The first-order chi connectivity index (χ1) is 13.2. The van der Waals surface area contributed by atoms with E-state index in [1.807, 2.05) is 53.4 Å². The predicted octanol–water partition coefficient (Wildman–Crippen LogP) is 4.69. The standard InChI is InChI=1S/C21H20ClN3O2/c1-3-12-25-20(15-6-4-5-7-16(15)22)17-18(23-24-19(17)21(25)26)13-8-10-14(27-2)11-9-13/h4-11,20H,3,12H2,1-2H3,(H,23,24). The van der Waals surface area contributed by atoms with E-state index in [0.29, 0.717) is 17.3 Å². The summed E-state index contributed by atoms with van der Waals surface area (Å²) in [4.78, 5) is 14.9. The molecule has 1 aliphatic heterocycles. The van der Waals surface area contributed by atoms with Crippen LogP contribution in [0.4, 0.5) is 0 Å². The van der Waals surface area contributed by atoms with Crippen molar-refractivity contribution in [3.63, 3.8) is 0 Å². The molecule has 2 aromatic carbocycles. The number of methoxy groups -OCH3 is 1. The largest absolute Gasteiger partial charge is 0.497 e. The highest BCUT2D eigenvalue weighted by Crippen LogP contribution is 2.44. The Kier molecular flexibility index (Phi) is 4.62. The van der Waals surface area contributed by atoms with E-state index in [-0.39, 0.29) is 11.9 Å². The van der Waals surface area contributed by atoms with Gasteiger partial charge < -0.3 is 9.64 Å². The van der Waals surface area contributed by atoms with Crippen LogP contribution >= 0.6 is 11.6 Å². The van der Waals surface area contributed by atoms with Crippen molar-refractivity contribution >= 4 is 17.5 Å². The van der Waals surface area contributed by atoms with E-state index >= 15 is 0 Å². The minimum Gasteiger partial charge on any atom is -0.497 e. The summed E-state index contributed by atoms with van der Waals surface area (Å²) in [6.45, 7) is 2.71. The van der Waals surface area contributed by atoms with Crippen LogP contribution < -0.4 is 4.74 Å². The number of carbonyl (C=O) groups excluding carboxylic acids is 1. The molecule has 0 spiro atoms. The van der Waals surface area contributed by atoms with Crippen molar-refractivity contribution in [3.8, 4) is 17.0 Å². The molecular formula is C21H20ClN3O2. The Morgan fingerprint density at radius 3 is 2.59 bits per heavy atom. The van der Waals surface area contributed by atoms with Crippen LogP contribution in [-0.2, 0) is 0 Å². The first-order valence-electron chi connectivity index (χ1n) is 8.93. The summed E-state index contributed by atoms with van der Waals surface area (Å²) < 4.78 is 5.24. The first kappa shape index (κ1) is 17.6. The van der Waals surface area contributed by atoms with Crippen LogP contribution in [0.25, 0.3) is 11.3 Å². The Balaban J connectivity index is 1.88. The number of hydrogen-bond donors (Lipinski definition) is 1. The van der Waals surface area contributed by atoms with Crippen LogP contribution in [0.3, 0.4) is 0 Å². The van der Waals surface area contributed by atoms with Crippen LogP contribution in [0.5, 0.6) is 5.75 Å². The summed E-state index contributed by atoms with van der Waals surface area (Å²) in [5, 5.41) is 8.06. The molecule has 4 rings (SSSR count). The molecule has 0 saturated heterocycles. The van der Waals surface area contributed by atoms with E-state index in [1.165, 1.54) is 0 Å². The summed E-state index contributed by atoms with van der Waals surface area (Å²) in [6, 6.07) is 15.1. The third kappa shape index (κ3) is 2.88. The van der Waals surface area contributed by atoms with E-state index in [2.05, 4.69) is 17.1 Å². The van der Waals surface area contributed by atoms with Crippen molar-refractivity contribution in [2.75, 3.05) is 13.7 Å². The van der Waals surface area contributed by atoms with Crippen molar-refractivity contribution < 1.29 is 9.53 Å². The van der Waals surface area contributed by atoms with Crippen molar-refractivity contribution in [2.45, 2.75) is 19.4 Å². The third-order valence-corrected chi connectivity index (χ3v) is 5.24. The Bertz CT molecular complexity index is 981. The number of amides is 1. The van der Waals surface area contributed by atoms with E-state index in [0.717, 1.165) is 34.6 Å². The van der Waals surface area contributed by atoms with Crippen molar-refractivity contribution in [1.82, 2.24) is 15.1 Å². The molecule has 1 N–H and O–H groups in total. The highest BCUT2D eigenvalue weighted by atomic mass is 35.5. The van der Waals surface area contributed by atoms with Gasteiger partial charge in [-0.1, -0.05) is 36.7 Å². The van der Waals surface area contributed by atoms with Gasteiger partial charge >= 0.3 is 0 Å². The zero-order chi connectivity index (χ0) is 19.0. The molecule has 0 fully saturated rings. The van der Waals surface area contributed by atoms with Crippen molar-refractivity contribution in [1.29, 1.82) is 0 Å². The average Bonchev–Trinajstić information content (AvgIpc) is 3.23. The lowest BCUT2D eigenvalue weighted by Gasteiger charge is -2.26. The van der Waals surface area contributed by atoms with E-state index in [9.17, 15) is 4.79 Å². The third-order valence-electron chi connectivity index (χ3n) is 4.89. The van der Waals surface area contributed by atoms with Gasteiger partial charge in [0.25, 0.3) is 5.91 Å². The van der Waals surface area contributed by atoms with Gasteiger partial charge in [-0.2, -0.15) is 5.10 Å². The van der Waals surface area contributed by atoms with Crippen LogP contribution in [-0.4, -0.2) is 34.7 Å². The molecule has 2 heterocycles. The monoisotopic (exact) mass is 381 g/mol. The Morgan fingerprint density at radius 1 is 1.19 bits per heavy atom. The molecule has 6 heteroatoms. The SMILES string of the molecule is CCCN1C(=O)c2[nH]nc(-c3ccc(OC)cc3)c2C1c1ccccc1Cl. The van der Waals surface area contributed by atoms with E-state index in [1.54, 1.807) is 7.11 Å². The zero-order valence-electron chi connectivity index (χ0n) is 15.2. The molecule has 0 saturated carbocycles. The minimum absolute atomic E-state index is 0.0379. The number of halogens is 1. The maximum absolute atomic E-state index is 13.0. The Labute approximate surface area is 162 Å². The van der Waals surface area contributed by atoms with Gasteiger partial charge in [0.2, 0.25) is 0 Å². The molecule has 1 aliphatic rings. The number of aromatic nitrogens is 2. The molecule has 0 radical (unpaired) electrons. The fraction of sp³-hybridized carbons (Fsp3) is 0.238. The number of hydrogen-bond acceptors (Lipinski definition) is 3. The number of rotatable bonds is 5. The van der Waals surface area contributed by atoms with Gasteiger partial charge in [0.15, 0.2) is 0 Å². The number of nitrogens with one attached hydrogen (secondary N) is 1. The molecule has 1 atom stereocenters. The quantitative estimate of drug-likeness (QED) is 0.697. The first-order valence-corrected chi connectivity index (χ1v) is 9.31. The summed E-state index contributed by atoms with van der Waals surface area (Å²) in [7, 11) is 1.63. The lowest BCUT2D eigenvalue weighted by atomic mass is 9.96.